The van der Waals surface area contributed by atoms with Gasteiger partial charge >= 0.3 is 0 Å². The van der Waals surface area contributed by atoms with Crippen LogP contribution in [-0.4, -0.2) is 12.6 Å². The van der Waals surface area contributed by atoms with Crippen molar-refractivity contribution in [3.8, 4) is 5.75 Å². The molecule has 1 aromatic carbocycles. The van der Waals surface area contributed by atoms with E-state index in [9.17, 15) is 4.39 Å². The van der Waals surface area contributed by atoms with Crippen molar-refractivity contribution in [3.05, 3.63) is 29.6 Å². The number of aryl methyl sites for hydroxylation is 1. The lowest BCUT2D eigenvalue weighted by Crippen LogP contribution is -2.26. The van der Waals surface area contributed by atoms with E-state index in [0.717, 1.165) is 12.8 Å². The smallest absolute Gasteiger partial charge is 0.129 e. The Hall–Kier alpha value is -1.09. The lowest BCUT2D eigenvalue weighted by molar-refractivity contribution is 0.197. The first-order valence-electron chi connectivity index (χ1n) is 5.30. The van der Waals surface area contributed by atoms with Gasteiger partial charge in [-0.3, -0.25) is 0 Å². The van der Waals surface area contributed by atoms with Crippen LogP contribution in [0.2, 0.25) is 0 Å². The summed E-state index contributed by atoms with van der Waals surface area (Å²) in [5.41, 5.74) is 6.18. The number of hydrogen-bond acceptors (Lipinski definition) is 2. The number of benzene rings is 1. The van der Waals surface area contributed by atoms with Crippen LogP contribution in [0.25, 0.3) is 0 Å². The fourth-order valence-corrected chi connectivity index (χ4v) is 1.39. The van der Waals surface area contributed by atoms with Crippen molar-refractivity contribution in [2.75, 3.05) is 6.54 Å². The molecular formula is C12H18FNO. The van der Waals surface area contributed by atoms with Crippen LogP contribution in [0.4, 0.5) is 4.39 Å². The summed E-state index contributed by atoms with van der Waals surface area (Å²) in [7, 11) is 0. The van der Waals surface area contributed by atoms with E-state index in [1.807, 2.05) is 0 Å². The molecule has 1 unspecified atom stereocenters. The van der Waals surface area contributed by atoms with Gasteiger partial charge in [0.1, 0.15) is 17.7 Å². The van der Waals surface area contributed by atoms with Gasteiger partial charge in [0.05, 0.1) is 0 Å². The highest BCUT2D eigenvalue weighted by atomic mass is 19.1. The molecule has 0 fully saturated rings. The van der Waals surface area contributed by atoms with Crippen molar-refractivity contribution in [2.45, 2.75) is 32.8 Å². The van der Waals surface area contributed by atoms with Gasteiger partial charge in [0.15, 0.2) is 0 Å². The van der Waals surface area contributed by atoms with Gasteiger partial charge in [0.2, 0.25) is 0 Å². The van der Waals surface area contributed by atoms with Gasteiger partial charge < -0.3 is 10.5 Å². The Bertz CT molecular complexity index is 314. The maximum atomic E-state index is 13.2. The fourth-order valence-electron chi connectivity index (χ4n) is 1.39. The maximum Gasteiger partial charge on any atom is 0.129 e. The van der Waals surface area contributed by atoms with Gasteiger partial charge in [-0.25, -0.2) is 4.39 Å². The zero-order valence-electron chi connectivity index (χ0n) is 9.29. The molecule has 2 N–H and O–H groups in total. The Morgan fingerprint density at radius 1 is 1.47 bits per heavy atom. The Morgan fingerprint density at radius 2 is 2.20 bits per heavy atom. The molecule has 0 aliphatic rings. The second-order valence-corrected chi connectivity index (χ2v) is 3.68. The summed E-state index contributed by atoms with van der Waals surface area (Å²) < 4.78 is 18.8. The summed E-state index contributed by atoms with van der Waals surface area (Å²) >= 11 is 0. The maximum absolute atomic E-state index is 13.2. The molecule has 0 spiro atoms. The number of ether oxygens (including phenoxy) is 1. The third-order valence-electron chi connectivity index (χ3n) is 2.32. The average Bonchev–Trinajstić information content (AvgIpc) is 2.23. The van der Waals surface area contributed by atoms with Crippen molar-refractivity contribution >= 4 is 0 Å². The molecule has 2 nitrogen and oxygen atoms in total. The molecule has 0 radical (unpaired) electrons. The topological polar surface area (TPSA) is 35.2 Å². The molecule has 0 saturated carbocycles. The third-order valence-corrected chi connectivity index (χ3v) is 2.32. The highest BCUT2D eigenvalue weighted by Crippen LogP contribution is 2.18. The Kier molecular flexibility index (Phi) is 4.56. The van der Waals surface area contributed by atoms with Crippen LogP contribution in [-0.2, 0) is 0 Å². The van der Waals surface area contributed by atoms with Crippen LogP contribution < -0.4 is 10.5 Å². The summed E-state index contributed by atoms with van der Waals surface area (Å²) in [6, 6.07) is 4.90. The molecule has 3 heteroatoms. The van der Waals surface area contributed by atoms with E-state index in [1.54, 1.807) is 19.1 Å². The van der Waals surface area contributed by atoms with E-state index in [-0.39, 0.29) is 11.9 Å². The minimum Gasteiger partial charge on any atom is -0.489 e. The van der Waals surface area contributed by atoms with Crippen molar-refractivity contribution in [1.29, 1.82) is 0 Å². The van der Waals surface area contributed by atoms with Crippen LogP contribution in [0.3, 0.4) is 0 Å². The van der Waals surface area contributed by atoms with E-state index >= 15 is 0 Å². The number of hydrogen-bond donors (Lipinski definition) is 1. The Morgan fingerprint density at radius 3 is 2.73 bits per heavy atom. The van der Waals surface area contributed by atoms with Gasteiger partial charge in [-0.05, 0) is 25.0 Å². The number of halogens is 1. The first kappa shape index (κ1) is 12.0. The SMILES string of the molecule is CCCC(CN)Oc1ccc(C)c(F)c1. The van der Waals surface area contributed by atoms with Gasteiger partial charge in [-0.2, -0.15) is 0 Å². The van der Waals surface area contributed by atoms with Gasteiger partial charge in [-0.15, -0.1) is 0 Å². The standard InChI is InChI=1S/C12H18FNO/c1-3-4-11(8-14)15-10-6-5-9(2)12(13)7-10/h5-7,11H,3-4,8,14H2,1-2H3. The molecule has 0 bridgehead atoms. The van der Waals surface area contributed by atoms with Gasteiger partial charge in [0, 0.05) is 12.6 Å². The predicted molar refractivity (Wildman–Crippen MR) is 59.5 cm³/mol. The summed E-state index contributed by atoms with van der Waals surface area (Å²) in [4.78, 5) is 0. The quantitative estimate of drug-likeness (QED) is 0.812. The normalized spacial score (nSPS) is 12.5. The average molecular weight is 211 g/mol. The zero-order valence-corrected chi connectivity index (χ0v) is 9.29. The highest BCUT2D eigenvalue weighted by Gasteiger charge is 2.08. The molecule has 0 aliphatic carbocycles. The lowest BCUT2D eigenvalue weighted by Gasteiger charge is -2.16. The number of nitrogens with two attached hydrogens (primary N) is 1. The molecule has 1 rings (SSSR count). The molecule has 0 saturated heterocycles. The third kappa shape index (κ3) is 3.51. The Labute approximate surface area is 90.2 Å². The zero-order chi connectivity index (χ0) is 11.3. The van der Waals surface area contributed by atoms with Gasteiger partial charge in [0.25, 0.3) is 0 Å². The minimum absolute atomic E-state index is 0.0166. The van der Waals surface area contributed by atoms with E-state index < -0.39 is 0 Å². The van der Waals surface area contributed by atoms with E-state index in [0.29, 0.717) is 17.9 Å². The summed E-state index contributed by atoms with van der Waals surface area (Å²) in [6.07, 6.45) is 1.89. The highest BCUT2D eigenvalue weighted by molar-refractivity contribution is 5.28. The molecule has 0 aliphatic heterocycles. The van der Waals surface area contributed by atoms with Crippen LogP contribution in [0, 0.1) is 12.7 Å². The first-order chi connectivity index (χ1) is 7.17. The van der Waals surface area contributed by atoms with Crippen LogP contribution >= 0.6 is 0 Å². The van der Waals surface area contributed by atoms with E-state index in [2.05, 4.69) is 6.92 Å². The van der Waals surface area contributed by atoms with Crippen molar-refractivity contribution in [1.82, 2.24) is 0 Å². The molecular weight excluding hydrogens is 193 g/mol. The van der Waals surface area contributed by atoms with Crippen molar-refractivity contribution in [3.63, 3.8) is 0 Å². The first-order valence-corrected chi connectivity index (χ1v) is 5.30. The summed E-state index contributed by atoms with van der Waals surface area (Å²) in [5, 5.41) is 0. The molecule has 1 atom stereocenters. The molecule has 84 valence electrons. The summed E-state index contributed by atoms with van der Waals surface area (Å²) in [6.45, 7) is 4.26. The van der Waals surface area contributed by atoms with Crippen molar-refractivity contribution < 1.29 is 9.13 Å². The minimum atomic E-state index is -0.236. The van der Waals surface area contributed by atoms with E-state index in [1.165, 1.54) is 6.07 Å². The number of rotatable bonds is 5. The van der Waals surface area contributed by atoms with Crippen LogP contribution in [0.1, 0.15) is 25.3 Å². The Balaban J connectivity index is 2.66. The predicted octanol–water partition coefficient (Wildman–Crippen LogP) is 2.64. The summed E-state index contributed by atoms with van der Waals surface area (Å²) in [5.74, 6) is 0.321. The molecule has 0 heterocycles. The van der Waals surface area contributed by atoms with Crippen LogP contribution in [0.15, 0.2) is 18.2 Å². The fraction of sp³-hybridized carbons (Fsp3) is 0.500. The van der Waals surface area contributed by atoms with Crippen molar-refractivity contribution in [2.24, 2.45) is 5.73 Å². The lowest BCUT2D eigenvalue weighted by atomic mass is 10.2. The largest absolute Gasteiger partial charge is 0.489 e. The molecule has 15 heavy (non-hydrogen) atoms. The second-order valence-electron chi connectivity index (χ2n) is 3.68. The second kappa shape index (κ2) is 5.71. The van der Waals surface area contributed by atoms with Gasteiger partial charge in [-0.1, -0.05) is 19.4 Å². The van der Waals surface area contributed by atoms with Crippen LogP contribution in [0.5, 0.6) is 5.75 Å². The van der Waals surface area contributed by atoms with E-state index in [4.69, 9.17) is 10.5 Å². The molecule has 0 aromatic heterocycles. The molecule has 1 aromatic rings. The monoisotopic (exact) mass is 211 g/mol. The molecule has 0 amide bonds.